The molecule has 0 spiro atoms. The molecule has 2 aliphatic rings. The molecule has 0 unspecified atom stereocenters. The van der Waals surface area contributed by atoms with Crippen molar-refractivity contribution in [2.24, 2.45) is 0 Å². The summed E-state index contributed by atoms with van der Waals surface area (Å²) in [5, 5.41) is 12.2. The number of benzene rings is 3. The summed E-state index contributed by atoms with van der Waals surface area (Å²) in [4.78, 5) is 27.0. The van der Waals surface area contributed by atoms with Crippen molar-refractivity contribution in [2.75, 3.05) is 0 Å². The van der Waals surface area contributed by atoms with Crippen molar-refractivity contribution in [3.63, 3.8) is 0 Å². The summed E-state index contributed by atoms with van der Waals surface area (Å²) >= 11 is 6.22. The molecule has 0 N–H and O–H groups in total. The predicted octanol–water partition coefficient (Wildman–Crippen LogP) is 4.01. The summed E-state index contributed by atoms with van der Waals surface area (Å²) < 4.78 is 5.66. The first-order valence-electron chi connectivity index (χ1n) is 6.65. The van der Waals surface area contributed by atoms with Crippen LogP contribution in [-0.2, 0) is 0 Å². The molecule has 23 heavy (non-hydrogen) atoms. The van der Waals surface area contributed by atoms with Crippen LogP contribution in [0.5, 0.6) is 0 Å². The molecular formula is C16H7ClN2O4. The molecule has 0 bridgehead atoms. The summed E-state index contributed by atoms with van der Waals surface area (Å²) in [7, 11) is 0. The number of hydrogen-bond donors (Lipinski definition) is 0. The molecule has 7 heteroatoms. The molecule has 2 aromatic carbocycles. The lowest BCUT2D eigenvalue weighted by Gasteiger charge is -2.10. The van der Waals surface area contributed by atoms with Gasteiger partial charge in [0.2, 0.25) is 0 Å². The largest absolute Gasteiger partial charge is 0.452 e. The summed E-state index contributed by atoms with van der Waals surface area (Å²) in [6.45, 7) is 0. The van der Waals surface area contributed by atoms with E-state index in [1.807, 2.05) is 0 Å². The maximum Gasteiger partial charge on any atom is 0.273 e. The van der Waals surface area contributed by atoms with Gasteiger partial charge in [-0.3, -0.25) is 14.9 Å². The molecule has 0 amide bonds. The third-order valence-corrected chi connectivity index (χ3v) is 3.93. The Labute approximate surface area is 133 Å². The summed E-state index contributed by atoms with van der Waals surface area (Å²) in [6.07, 6.45) is 0. The number of fused-ring (bicyclic) bond motifs is 4. The number of nitrogens with zero attached hydrogens (tertiary/aromatic N) is 2. The first-order chi connectivity index (χ1) is 11.0. The fourth-order valence-electron chi connectivity index (χ4n) is 2.58. The average Bonchev–Trinajstić information content (AvgIpc) is 2.53. The molecule has 4 rings (SSSR count). The second-order valence-electron chi connectivity index (χ2n) is 5.01. The minimum absolute atomic E-state index is 0.108. The van der Waals surface area contributed by atoms with Gasteiger partial charge in [0.15, 0.2) is 16.8 Å². The van der Waals surface area contributed by atoms with E-state index in [4.69, 9.17) is 16.0 Å². The summed E-state index contributed by atoms with van der Waals surface area (Å²) in [6, 6.07) is 10.5. The molecule has 112 valence electrons. The van der Waals surface area contributed by atoms with Crippen molar-refractivity contribution in [1.82, 2.24) is 4.98 Å². The average molecular weight is 327 g/mol. The van der Waals surface area contributed by atoms with Gasteiger partial charge >= 0.3 is 0 Å². The molecule has 0 radical (unpaired) electrons. The number of rotatable bonds is 1. The quantitative estimate of drug-likeness (QED) is 0.228. The van der Waals surface area contributed by atoms with Crippen molar-refractivity contribution < 1.29 is 9.34 Å². The summed E-state index contributed by atoms with van der Waals surface area (Å²) in [5.74, 6) is 0.239. The molecular weight excluding hydrogens is 320 g/mol. The Morgan fingerprint density at radius 1 is 1.17 bits per heavy atom. The van der Waals surface area contributed by atoms with Crippen molar-refractivity contribution >= 4 is 39.2 Å². The van der Waals surface area contributed by atoms with E-state index in [-0.39, 0.29) is 22.5 Å². The van der Waals surface area contributed by atoms with Gasteiger partial charge in [-0.05, 0) is 12.1 Å². The maximum absolute atomic E-state index is 12.2. The van der Waals surface area contributed by atoms with Crippen LogP contribution >= 0.6 is 11.6 Å². The van der Waals surface area contributed by atoms with Crippen LogP contribution < -0.4 is 5.43 Å². The van der Waals surface area contributed by atoms with E-state index in [0.717, 1.165) is 0 Å². The van der Waals surface area contributed by atoms with Crippen LogP contribution in [0, 0.1) is 10.1 Å². The van der Waals surface area contributed by atoms with Crippen LogP contribution in [0.15, 0.2) is 51.7 Å². The summed E-state index contributed by atoms with van der Waals surface area (Å²) in [5.41, 5.74) is 0.779. The van der Waals surface area contributed by atoms with Gasteiger partial charge in [0.25, 0.3) is 5.69 Å². The standard InChI is InChI=1S/C16H7ClN2O4/c17-10-3-1-2-9-12(20)7-14-16(15(9)10)18-11-5-4-8(19(21)22)6-13(11)23-14/h1-7H. The van der Waals surface area contributed by atoms with Crippen LogP contribution in [0.4, 0.5) is 5.69 Å². The second kappa shape index (κ2) is 4.76. The highest BCUT2D eigenvalue weighted by Gasteiger charge is 2.18. The molecule has 0 aromatic heterocycles. The Morgan fingerprint density at radius 2 is 2.00 bits per heavy atom. The Balaban J connectivity index is 2.18. The Bertz CT molecular complexity index is 1140. The Morgan fingerprint density at radius 3 is 2.78 bits per heavy atom. The van der Waals surface area contributed by atoms with E-state index in [2.05, 4.69) is 4.98 Å². The molecule has 0 saturated heterocycles. The first kappa shape index (κ1) is 13.7. The highest BCUT2D eigenvalue weighted by atomic mass is 35.5. The molecule has 1 heterocycles. The fourth-order valence-corrected chi connectivity index (χ4v) is 2.84. The zero-order valence-electron chi connectivity index (χ0n) is 11.4. The molecule has 0 fully saturated rings. The Kier molecular flexibility index (Phi) is 2.82. The molecule has 0 atom stereocenters. The van der Waals surface area contributed by atoms with E-state index >= 15 is 0 Å². The van der Waals surface area contributed by atoms with Crippen LogP contribution in [0.1, 0.15) is 0 Å². The number of halogens is 1. The molecule has 6 nitrogen and oxygen atoms in total. The van der Waals surface area contributed by atoms with E-state index in [0.29, 0.717) is 27.0 Å². The van der Waals surface area contributed by atoms with Crippen molar-refractivity contribution in [1.29, 1.82) is 0 Å². The van der Waals surface area contributed by atoms with E-state index < -0.39 is 4.92 Å². The van der Waals surface area contributed by atoms with Gasteiger partial charge in [0, 0.05) is 22.9 Å². The molecule has 1 aliphatic heterocycles. The second-order valence-corrected chi connectivity index (χ2v) is 5.41. The minimum Gasteiger partial charge on any atom is -0.452 e. The van der Waals surface area contributed by atoms with Gasteiger partial charge in [-0.25, -0.2) is 4.98 Å². The smallest absolute Gasteiger partial charge is 0.273 e. The zero-order valence-corrected chi connectivity index (χ0v) is 12.2. The number of hydrogen-bond acceptors (Lipinski definition) is 5. The number of non-ortho nitro benzene ring substituents is 1. The molecule has 2 aromatic rings. The first-order valence-corrected chi connectivity index (χ1v) is 7.02. The molecule has 1 aliphatic carbocycles. The normalized spacial score (nSPS) is 11.3. The number of nitro benzene ring substituents is 1. The predicted molar refractivity (Wildman–Crippen MR) is 86.1 cm³/mol. The topological polar surface area (TPSA) is 86.2 Å². The van der Waals surface area contributed by atoms with Gasteiger partial charge < -0.3 is 4.42 Å². The van der Waals surface area contributed by atoms with E-state index in [1.54, 1.807) is 18.2 Å². The highest BCUT2D eigenvalue weighted by molar-refractivity contribution is 6.36. The fraction of sp³-hybridized carbons (Fsp3) is 0. The third kappa shape index (κ3) is 2.03. The van der Waals surface area contributed by atoms with Crippen molar-refractivity contribution in [2.45, 2.75) is 0 Å². The maximum atomic E-state index is 12.2. The van der Waals surface area contributed by atoms with Crippen LogP contribution in [0.3, 0.4) is 0 Å². The van der Waals surface area contributed by atoms with E-state index in [9.17, 15) is 14.9 Å². The van der Waals surface area contributed by atoms with E-state index in [1.165, 1.54) is 24.3 Å². The zero-order chi connectivity index (χ0) is 16.1. The minimum atomic E-state index is -0.518. The van der Waals surface area contributed by atoms with Gasteiger partial charge in [0.1, 0.15) is 11.2 Å². The van der Waals surface area contributed by atoms with Crippen LogP contribution in [0.25, 0.3) is 33.3 Å². The van der Waals surface area contributed by atoms with Crippen molar-refractivity contribution in [3.05, 3.63) is 67.8 Å². The lowest BCUT2D eigenvalue weighted by molar-refractivity contribution is -0.384. The van der Waals surface area contributed by atoms with Crippen LogP contribution in [0.2, 0.25) is 5.02 Å². The van der Waals surface area contributed by atoms with Gasteiger partial charge in [-0.15, -0.1) is 0 Å². The van der Waals surface area contributed by atoms with Gasteiger partial charge in [-0.1, -0.05) is 23.7 Å². The SMILES string of the molecule is O=c1cc2oc3cc([N+](=O)[O-])ccc3nc-2c2c(Cl)cccc12. The number of nitro groups is 1. The van der Waals surface area contributed by atoms with Crippen LogP contribution in [-0.4, -0.2) is 9.91 Å². The lowest BCUT2D eigenvalue weighted by atomic mass is 10.0. The van der Waals surface area contributed by atoms with Gasteiger partial charge in [-0.2, -0.15) is 0 Å². The number of aromatic nitrogens is 1. The lowest BCUT2D eigenvalue weighted by Crippen LogP contribution is -2.04. The Hall–Kier alpha value is -2.99. The molecule has 0 saturated carbocycles. The third-order valence-electron chi connectivity index (χ3n) is 3.62. The monoisotopic (exact) mass is 326 g/mol. The highest BCUT2D eigenvalue weighted by Crippen LogP contribution is 2.34. The van der Waals surface area contributed by atoms with Crippen molar-refractivity contribution in [3.8, 4) is 11.5 Å². The van der Waals surface area contributed by atoms with Gasteiger partial charge in [0.05, 0.1) is 16.0 Å².